The molecule has 0 aliphatic carbocycles. The number of amides is 1. The predicted octanol–water partition coefficient (Wildman–Crippen LogP) is 1.45. The Kier molecular flexibility index (Phi) is 5.82. The van der Waals surface area contributed by atoms with Crippen LogP contribution in [0.3, 0.4) is 0 Å². The van der Waals surface area contributed by atoms with Crippen molar-refractivity contribution in [3.63, 3.8) is 0 Å². The van der Waals surface area contributed by atoms with Gasteiger partial charge in [0.2, 0.25) is 11.7 Å². The minimum Gasteiger partial charge on any atom is -0.490 e. The molecule has 5 rings (SSSR count). The molecule has 0 bridgehead atoms. The molecule has 172 valence electrons. The first-order chi connectivity index (χ1) is 16.1. The molecule has 0 spiro atoms. The Morgan fingerprint density at radius 3 is 2.48 bits per heavy atom. The molecule has 33 heavy (non-hydrogen) atoms. The van der Waals surface area contributed by atoms with Gasteiger partial charge in [0.15, 0.2) is 17.5 Å². The van der Waals surface area contributed by atoms with Crippen LogP contribution in [0.25, 0.3) is 17.1 Å². The van der Waals surface area contributed by atoms with Gasteiger partial charge in [0, 0.05) is 51.2 Å². The van der Waals surface area contributed by atoms with Crippen molar-refractivity contribution in [2.24, 2.45) is 0 Å². The summed E-state index contributed by atoms with van der Waals surface area (Å²) < 4.78 is 13.2. The average molecular weight is 450 g/mol. The maximum absolute atomic E-state index is 12.5. The normalized spacial score (nSPS) is 16.9. The molecule has 1 aromatic carbocycles. The second kappa shape index (κ2) is 9.07. The Morgan fingerprint density at radius 1 is 1.00 bits per heavy atom. The number of likely N-dealkylation sites (N-methyl/N-ethyl adjacent to an activating group) is 1. The summed E-state index contributed by atoms with van der Waals surface area (Å²) in [6.45, 7) is 4.22. The summed E-state index contributed by atoms with van der Waals surface area (Å²) in [6, 6.07) is 9.83. The Balaban J connectivity index is 1.62. The summed E-state index contributed by atoms with van der Waals surface area (Å²) in [7, 11) is 3.45. The fraction of sp³-hybridized carbons (Fsp3) is 0.391. The number of rotatable bonds is 5. The molecule has 2 saturated heterocycles. The van der Waals surface area contributed by atoms with Crippen molar-refractivity contribution in [1.82, 2.24) is 24.6 Å². The highest BCUT2D eigenvalue weighted by molar-refractivity contribution is 5.84. The maximum Gasteiger partial charge on any atom is 0.241 e. The van der Waals surface area contributed by atoms with Gasteiger partial charge in [-0.3, -0.25) is 4.79 Å². The topological polar surface area (TPSA) is 88.8 Å². The standard InChI is InChI=1S/C23H27N7O3/c1-27-9-10-29(16-19(27)31)23-20(32-2)22(28-11-13-33-14-12-28)25-21(26-23)17-5-3-6-18(15-17)30-8-4-7-24-30/h3-8,15H,9-14,16H2,1-2H3. The molecule has 2 aliphatic heterocycles. The van der Waals surface area contributed by atoms with Gasteiger partial charge in [-0.2, -0.15) is 5.10 Å². The number of morpholine rings is 1. The number of hydrogen-bond acceptors (Lipinski definition) is 8. The van der Waals surface area contributed by atoms with Crippen molar-refractivity contribution in [3.8, 4) is 22.8 Å². The summed E-state index contributed by atoms with van der Waals surface area (Å²) in [5, 5.41) is 4.33. The van der Waals surface area contributed by atoms with E-state index in [1.54, 1.807) is 22.9 Å². The summed E-state index contributed by atoms with van der Waals surface area (Å²) >= 11 is 0. The van der Waals surface area contributed by atoms with E-state index in [2.05, 4.69) is 10.00 Å². The van der Waals surface area contributed by atoms with Crippen LogP contribution in [0.1, 0.15) is 0 Å². The molecule has 4 heterocycles. The highest BCUT2D eigenvalue weighted by atomic mass is 16.5. The van der Waals surface area contributed by atoms with Crippen LogP contribution in [0.15, 0.2) is 42.7 Å². The van der Waals surface area contributed by atoms with Crippen LogP contribution in [-0.2, 0) is 9.53 Å². The molecule has 0 unspecified atom stereocenters. The zero-order chi connectivity index (χ0) is 22.8. The third-order valence-corrected chi connectivity index (χ3v) is 5.97. The molecular weight excluding hydrogens is 422 g/mol. The van der Waals surface area contributed by atoms with E-state index in [-0.39, 0.29) is 12.5 Å². The van der Waals surface area contributed by atoms with Gasteiger partial charge in [0.05, 0.1) is 32.6 Å². The lowest BCUT2D eigenvalue weighted by atomic mass is 10.2. The van der Waals surface area contributed by atoms with E-state index < -0.39 is 0 Å². The third kappa shape index (κ3) is 4.21. The number of ether oxygens (including phenoxy) is 2. The van der Waals surface area contributed by atoms with E-state index in [0.29, 0.717) is 56.8 Å². The van der Waals surface area contributed by atoms with Crippen LogP contribution in [0.4, 0.5) is 11.6 Å². The predicted molar refractivity (Wildman–Crippen MR) is 124 cm³/mol. The van der Waals surface area contributed by atoms with Crippen molar-refractivity contribution < 1.29 is 14.3 Å². The number of methoxy groups -OCH3 is 1. The first-order valence-corrected chi connectivity index (χ1v) is 11.0. The largest absolute Gasteiger partial charge is 0.490 e. The first-order valence-electron chi connectivity index (χ1n) is 11.0. The number of nitrogens with zero attached hydrogens (tertiary/aromatic N) is 7. The van der Waals surface area contributed by atoms with Gasteiger partial charge in [-0.15, -0.1) is 0 Å². The number of hydrogen-bond donors (Lipinski definition) is 0. The van der Waals surface area contributed by atoms with Crippen LogP contribution >= 0.6 is 0 Å². The monoisotopic (exact) mass is 449 g/mol. The molecule has 0 saturated carbocycles. The van der Waals surface area contributed by atoms with Gasteiger partial charge in [0.1, 0.15) is 0 Å². The third-order valence-electron chi connectivity index (χ3n) is 5.97. The second-order valence-corrected chi connectivity index (χ2v) is 8.06. The molecule has 1 amide bonds. The zero-order valence-corrected chi connectivity index (χ0v) is 18.8. The summed E-state index contributed by atoms with van der Waals surface area (Å²) in [4.78, 5) is 28.2. The van der Waals surface area contributed by atoms with Gasteiger partial charge < -0.3 is 24.2 Å². The van der Waals surface area contributed by atoms with E-state index in [1.807, 2.05) is 48.5 Å². The van der Waals surface area contributed by atoms with E-state index in [4.69, 9.17) is 19.4 Å². The first kappa shape index (κ1) is 21.2. The summed E-state index contributed by atoms with van der Waals surface area (Å²) in [5.74, 6) is 2.57. The molecule has 0 N–H and O–H groups in total. The van der Waals surface area contributed by atoms with Crippen molar-refractivity contribution in [3.05, 3.63) is 42.7 Å². The molecule has 2 aromatic heterocycles. The highest BCUT2D eigenvalue weighted by Gasteiger charge is 2.29. The number of aromatic nitrogens is 4. The van der Waals surface area contributed by atoms with Crippen LogP contribution in [-0.4, -0.2) is 90.7 Å². The second-order valence-electron chi connectivity index (χ2n) is 8.06. The van der Waals surface area contributed by atoms with Crippen molar-refractivity contribution in [2.45, 2.75) is 0 Å². The minimum absolute atomic E-state index is 0.0528. The Morgan fingerprint density at radius 2 is 1.79 bits per heavy atom. The number of anilines is 2. The van der Waals surface area contributed by atoms with Crippen LogP contribution in [0, 0.1) is 0 Å². The zero-order valence-electron chi connectivity index (χ0n) is 18.8. The molecule has 10 nitrogen and oxygen atoms in total. The van der Waals surface area contributed by atoms with Crippen molar-refractivity contribution in [1.29, 1.82) is 0 Å². The van der Waals surface area contributed by atoms with Gasteiger partial charge in [-0.25, -0.2) is 14.6 Å². The molecule has 10 heteroatoms. The van der Waals surface area contributed by atoms with Crippen LogP contribution in [0.5, 0.6) is 5.75 Å². The maximum atomic E-state index is 12.5. The van der Waals surface area contributed by atoms with E-state index in [1.165, 1.54) is 0 Å². The van der Waals surface area contributed by atoms with Gasteiger partial charge in [-0.1, -0.05) is 12.1 Å². The Bertz CT molecular complexity index is 1130. The fourth-order valence-corrected chi connectivity index (χ4v) is 4.09. The number of carbonyl (C=O) groups excluding carboxylic acids is 1. The number of benzene rings is 1. The quantitative estimate of drug-likeness (QED) is 0.578. The minimum atomic E-state index is 0.0528. The lowest BCUT2D eigenvalue weighted by Crippen LogP contribution is -2.49. The Hall–Kier alpha value is -3.66. The highest BCUT2D eigenvalue weighted by Crippen LogP contribution is 2.38. The number of carbonyl (C=O) groups is 1. The van der Waals surface area contributed by atoms with Gasteiger partial charge in [-0.05, 0) is 18.2 Å². The summed E-state index contributed by atoms with van der Waals surface area (Å²) in [6.07, 6.45) is 3.64. The average Bonchev–Trinajstić information content (AvgIpc) is 3.41. The van der Waals surface area contributed by atoms with Gasteiger partial charge >= 0.3 is 0 Å². The van der Waals surface area contributed by atoms with E-state index in [9.17, 15) is 4.79 Å². The van der Waals surface area contributed by atoms with Crippen LogP contribution in [0.2, 0.25) is 0 Å². The molecule has 0 atom stereocenters. The fourth-order valence-electron chi connectivity index (χ4n) is 4.09. The lowest BCUT2D eigenvalue weighted by Gasteiger charge is -2.35. The smallest absolute Gasteiger partial charge is 0.241 e. The molecule has 2 aliphatic rings. The van der Waals surface area contributed by atoms with Crippen LogP contribution < -0.4 is 14.5 Å². The van der Waals surface area contributed by atoms with Crippen molar-refractivity contribution >= 4 is 17.5 Å². The molecule has 3 aromatic rings. The molecular formula is C23H27N7O3. The molecule has 0 radical (unpaired) electrons. The van der Waals surface area contributed by atoms with E-state index in [0.717, 1.165) is 17.1 Å². The molecule has 2 fully saturated rings. The van der Waals surface area contributed by atoms with Crippen molar-refractivity contribution in [2.75, 3.05) is 69.9 Å². The number of piperazine rings is 1. The Labute approximate surface area is 192 Å². The van der Waals surface area contributed by atoms with Gasteiger partial charge in [0.25, 0.3) is 0 Å². The van der Waals surface area contributed by atoms with E-state index >= 15 is 0 Å². The SMILES string of the molecule is COc1c(N2CCOCC2)nc(-c2cccc(-n3cccn3)c2)nc1N1CCN(C)C(=O)C1. The summed E-state index contributed by atoms with van der Waals surface area (Å²) in [5.41, 5.74) is 1.78. The lowest BCUT2D eigenvalue weighted by molar-refractivity contribution is -0.129.